The molecule has 0 atom stereocenters. The molecular formula is C14H11FN2O3. The van der Waals surface area contributed by atoms with Crippen LogP contribution in [0.5, 0.6) is 0 Å². The van der Waals surface area contributed by atoms with Crippen molar-refractivity contribution in [2.24, 2.45) is 0 Å². The highest BCUT2D eigenvalue weighted by atomic mass is 19.1. The first kappa shape index (κ1) is 13.7. The predicted octanol–water partition coefficient (Wildman–Crippen LogP) is 3.31. The Morgan fingerprint density at radius 3 is 2.60 bits per heavy atom. The van der Waals surface area contributed by atoms with Gasteiger partial charge in [-0.2, -0.15) is 0 Å². The van der Waals surface area contributed by atoms with Crippen molar-refractivity contribution in [3.05, 3.63) is 64.0 Å². The van der Waals surface area contributed by atoms with Crippen molar-refractivity contribution in [2.45, 2.75) is 0 Å². The first-order chi connectivity index (χ1) is 9.52. The van der Waals surface area contributed by atoms with Gasteiger partial charge in [-0.15, -0.1) is 0 Å². The number of nitro benzene ring substituents is 1. The molecule has 0 spiro atoms. The van der Waals surface area contributed by atoms with Crippen molar-refractivity contribution in [2.75, 3.05) is 11.9 Å². The summed E-state index contributed by atoms with van der Waals surface area (Å²) in [4.78, 5) is 22.7. The summed E-state index contributed by atoms with van der Waals surface area (Å²) < 4.78 is 13.2. The molecule has 0 saturated carbocycles. The first-order valence-electron chi connectivity index (χ1n) is 5.76. The lowest BCUT2D eigenvalue weighted by molar-refractivity contribution is -0.384. The maximum Gasteiger partial charge on any atom is 0.293 e. The normalized spacial score (nSPS) is 10.1. The third-order valence-electron chi connectivity index (χ3n) is 2.89. The number of hydrogen-bond acceptors (Lipinski definition) is 4. The third-order valence-corrected chi connectivity index (χ3v) is 2.89. The van der Waals surface area contributed by atoms with Gasteiger partial charge in [0.05, 0.1) is 4.92 Å². The largest absolute Gasteiger partial charge is 0.339 e. The number of carbonyl (C=O) groups excluding carboxylic acids is 1. The van der Waals surface area contributed by atoms with Gasteiger partial charge in [0.1, 0.15) is 17.8 Å². The summed E-state index contributed by atoms with van der Waals surface area (Å²) in [5.74, 6) is -0.429. The fourth-order valence-electron chi connectivity index (χ4n) is 1.87. The first-order valence-corrected chi connectivity index (χ1v) is 5.76. The molecule has 0 aliphatic rings. The van der Waals surface area contributed by atoms with Gasteiger partial charge in [0, 0.05) is 24.4 Å². The topological polar surface area (TPSA) is 63.5 Å². The van der Waals surface area contributed by atoms with Gasteiger partial charge in [-0.05, 0) is 30.3 Å². The van der Waals surface area contributed by atoms with Gasteiger partial charge in [-0.1, -0.05) is 6.07 Å². The van der Waals surface area contributed by atoms with Gasteiger partial charge in [0.2, 0.25) is 0 Å². The van der Waals surface area contributed by atoms with Crippen molar-refractivity contribution in [1.82, 2.24) is 0 Å². The van der Waals surface area contributed by atoms with Crippen molar-refractivity contribution in [3.8, 4) is 0 Å². The van der Waals surface area contributed by atoms with E-state index in [2.05, 4.69) is 0 Å². The van der Waals surface area contributed by atoms with E-state index in [0.717, 1.165) is 0 Å². The molecule has 0 amide bonds. The summed E-state index contributed by atoms with van der Waals surface area (Å²) in [6.07, 6.45) is 0.541. The smallest absolute Gasteiger partial charge is 0.293 e. The van der Waals surface area contributed by atoms with Crippen LogP contribution < -0.4 is 4.90 Å². The highest BCUT2D eigenvalue weighted by molar-refractivity contribution is 5.81. The molecule has 2 aromatic carbocycles. The second-order valence-corrected chi connectivity index (χ2v) is 4.16. The van der Waals surface area contributed by atoms with E-state index in [1.807, 2.05) is 0 Å². The fourth-order valence-corrected chi connectivity index (χ4v) is 1.87. The van der Waals surface area contributed by atoms with Crippen LogP contribution in [0, 0.1) is 15.9 Å². The van der Waals surface area contributed by atoms with Crippen molar-refractivity contribution in [3.63, 3.8) is 0 Å². The Kier molecular flexibility index (Phi) is 3.74. The lowest BCUT2D eigenvalue weighted by atomic mass is 10.1. The number of anilines is 2. The highest BCUT2D eigenvalue weighted by Crippen LogP contribution is 2.33. The zero-order chi connectivity index (χ0) is 14.7. The third kappa shape index (κ3) is 2.64. The SMILES string of the molecule is CN(c1cccc(F)c1)c1ccc(C=O)cc1[N+](=O)[O-]. The predicted molar refractivity (Wildman–Crippen MR) is 72.9 cm³/mol. The van der Waals surface area contributed by atoms with E-state index >= 15 is 0 Å². The minimum Gasteiger partial charge on any atom is -0.339 e. The molecule has 0 fully saturated rings. The molecule has 5 nitrogen and oxygen atoms in total. The van der Waals surface area contributed by atoms with Crippen LogP contribution in [-0.4, -0.2) is 18.3 Å². The molecule has 0 N–H and O–H groups in total. The minimum atomic E-state index is -0.571. The lowest BCUT2D eigenvalue weighted by Crippen LogP contribution is -2.12. The summed E-state index contributed by atoms with van der Waals surface area (Å²) in [6.45, 7) is 0. The fraction of sp³-hybridized carbons (Fsp3) is 0.0714. The Morgan fingerprint density at radius 1 is 1.25 bits per heavy atom. The Morgan fingerprint density at radius 2 is 2.00 bits per heavy atom. The van der Waals surface area contributed by atoms with Crippen molar-refractivity contribution < 1.29 is 14.1 Å². The van der Waals surface area contributed by atoms with Gasteiger partial charge in [0.25, 0.3) is 5.69 Å². The van der Waals surface area contributed by atoms with Crippen LogP contribution >= 0.6 is 0 Å². The Balaban J connectivity index is 2.51. The molecule has 0 aliphatic carbocycles. The Labute approximate surface area is 114 Å². The van der Waals surface area contributed by atoms with Crippen LogP contribution in [-0.2, 0) is 0 Å². The van der Waals surface area contributed by atoms with Crippen molar-refractivity contribution >= 4 is 23.3 Å². The quantitative estimate of drug-likeness (QED) is 0.487. The van der Waals surface area contributed by atoms with E-state index in [1.54, 1.807) is 13.1 Å². The van der Waals surface area contributed by atoms with Crippen LogP contribution in [0.25, 0.3) is 0 Å². The second-order valence-electron chi connectivity index (χ2n) is 4.16. The molecule has 0 bridgehead atoms. The van der Waals surface area contributed by atoms with Crippen molar-refractivity contribution in [1.29, 1.82) is 0 Å². The van der Waals surface area contributed by atoms with Gasteiger partial charge in [-0.25, -0.2) is 4.39 Å². The summed E-state index contributed by atoms with van der Waals surface area (Å²) in [7, 11) is 1.59. The summed E-state index contributed by atoms with van der Waals surface area (Å²) in [6, 6.07) is 9.86. The summed E-state index contributed by atoms with van der Waals surface area (Å²) >= 11 is 0. The van der Waals surface area contributed by atoms with Gasteiger partial charge in [0.15, 0.2) is 0 Å². The maximum absolute atomic E-state index is 13.2. The number of rotatable bonds is 4. The van der Waals surface area contributed by atoms with E-state index in [9.17, 15) is 19.3 Å². The number of carbonyl (C=O) groups is 1. The van der Waals surface area contributed by atoms with Gasteiger partial charge in [-0.3, -0.25) is 14.9 Å². The number of nitro groups is 1. The standard InChI is InChI=1S/C14H11FN2O3/c1-16(12-4-2-3-11(15)8-12)13-6-5-10(9-18)7-14(13)17(19)20/h2-9H,1H3. The molecular weight excluding hydrogens is 263 g/mol. The van der Waals surface area contributed by atoms with Crippen LogP contribution in [0.15, 0.2) is 42.5 Å². The molecule has 102 valence electrons. The maximum atomic E-state index is 13.2. The molecule has 0 unspecified atom stereocenters. The van der Waals surface area contributed by atoms with Crippen LogP contribution in [0.1, 0.15) is 10.4 Å². The average molecular weight is 274 g/mol. The molecule has 0 heterocycles. The summed E-state index contributed by atoms with van der Waals surface area (Å²) in [5, 5.41) is 11.1. The number of halogens is 1. The summed E-state index contributed by atoms with van der Waals surface area (Å²) in [5.41, 5.74) is 0.771. The molecule has 0 radical (unpaired) electrons. The van der Waals surface area contributed by atoms with E-state index in [4.69, 9.17) is 0 Å². The van der Waals surface area contributed by atoms with Crippen LogP contribution in [0.4, 0.5) is 21.5 Å². The monoisotopic (exact) mass is 274 g/mol. The Bertz CT molecular complexity index is 673. The number of nitrogens with zero attached hydrogens (tertiary/aromatic N) is 2. The molecule has 6 heteroatoms. The number of aldehydes is 1. The zero-order valence-corrected chi connectivity index (χ0v) is 10.6. The molecule has 0 saturated heterocycles. The number of hydrogen-bond donors (Lipinski definition) is 0. The molecule has 20 heavy (non-hydrogen) atoms. The molecule has 2 aromatic rings. The van der Waals surface area contributed by atoms with E-state index < -0.39 is 10.7 Å². The zero-order valence-electron chi connectivity index (χ0n) is 10.6. The lowest BCUT2D eigenvalue weighted by Gasteiger charge is -2.19. The van der Waals surface area contributed by atoms with E-state index in [-0.39, 0.29) is 16.9 Å². The van der Waals surface area contributed by atoms with Crippen LogP contribution in [0.3, 0.4) is 0 Å². The van der Waals surface area contributed by atoms with E-state index in [1.165, 1.54) is 41.3 Å². The average Bonchev–Trinajstić information content (AvgIpc) is 2.45. The van der Waals surface area contributed by atoms with E-state index in [0.29, 0.717) is 12.0 Å². The van der Waals surface area contributed by atoms with Crippen LogP contribution in [0.2, 0.25) is 0 Å². The van der Waals surface area contributed by atoms with Gasteiger partial charge < -0.3 is 4.90 Å². The minimum absolute atomic E-state index is 0.207. The number of benzene rings is 2. The molecule has 0 aliphatic heterocycles. The molecule has 0 aromatic heterocycles. The Hall–Kier alpha value is -2.76. The second kappa shape index (κ2) is 5.48. The van der Waals surface area contributed by atoms with Gasteiger partial charge >= 0.3 is 0 Å². The molecule has 2 rings (SSSR count). The highest BCUT2D eigenvalue weighted by Gasteiger charge is 2.19.